The van der Waals surface area contributed by atoms with Crippen molar-refractivity contribution in [2.75, 3.05) is 44.4 Å². The fourth-order valence-electron chi connectivity index (χ4n) is 2.61. The molecule has 1 amide bonds. The highest BCUT2D eigenvalue weighted by atomic mass is 16.5. The Bertz CT molecular complexity index is 466. The average molecular weight is 291 g/mol. The topological polar surface area (TPSA) is 63.7 Å². The molecule has 0 spiro atoms. The van der Waals surface area contributed by atoms with E-state index >= 15 is 0 Å². The zero-order chi connectivity index (χ0) is 14.5. The predicted octanol–water partition coefficient (Wildman–Crippen LogP) is 0.827. The summed E-state index contributed by atoms with van der Waals surface area (Å²) >= 11 is 0. The minimum Gasteiger partial charge on any atom is -0.378 e. The number of nitrogens with one attached hydrogen (secondary N) is 1. The molecule has 2 fully saturated rings. The second-order valence-corrected chi connectivity index (χ2v) is 5.35. The van der Waals surface area contributed by atoms with Crippen LogP contribution in [0.1, 0.15) is 23.2 Å². The summed E-state index contributed by atoms with van der Waals surface area (Å²) in [5.41, 5.74) is 0.588. The first kappa shape index (κ1) is 14.3. The van der Waals surface area contributed by atoms with E-state index in [-0.39, 0.29) is 12.0 Å². The SMILES string of the molecule is O=C(NC[C@H]1CCCO1)c1ccc(N2CCOCC2)nc1. The number of morpholine rings is 1. The second kappa shape index (κ2) is 6.87. The predicted molar refractivity (Wildman–Crippen MR) is 78.6 cm³/mol. The van der Waals surface area contributed by atoms with E-state index in [9.17, 15) is 4.79 Å². The third-order valence-electron chi connectivity index (χ3n) is 3.86. The van der Waals surface area contributed by atoms with Gasteiger partial charge in [0.15, 0.2) is 0 Å². The lowest BCUT2D eigenvalue weighted by Crippen LogP contribution is -2.36. The standard InChI is InChI=1S/C15H21N3O3/c19-15(17-11-13-2-1-7-21-13)12-3-4-14(16-10-12)18-5-8-20-9-6-18/h3-4,10,13H,1-2,5-9,11H2,(H,17,19)/t13-/m1/s1. The maximum atomic E-state index is 12.0. The van der Waals surface area contributed by atoms with Crippen molar-refractivity contribution in [3.63, 3.8) is 0 Å². The van der Waals surface area contributed by atoms with Crippen molar-refractivity contribution < 1.29 is 14.3 Å². The van der Waals surface area contributed by atoms with Gasteiger partial charge in [-0.1, -0.05) is 0 Å². The van der Waals surface area contributed by atoms with E-state index in [4.69, 9.17) is 9.47 Å². The summed E-state index contributed by atoms with van der Waals surface area (Å²) in [7, 11) is 0. The van der Waals surface area contributed by atoms with E-state index in [2.05, 4.69) is 15.2 Å². The lowest BCUT2D eigenvalue weighted by molar-refractivity contribution is 0.0857. The van der Waals surface area contributed by atoms with Crippen LogP contribution in [-0.2, 0) is 9.47 Å². The Balaban J connectivity index is 1.54. The Labute approximate surface area is 124 Å². The van der Waals surface area contributed by atoms with Crippen molar-refractivity contribution >= 4 is 11.7 Å². The van der Waals surface area contributed by atoms with Crippen LogP contribution in [-0.4, -0.2) is 56.5 Å². The van der Waals surface area contributed by atoms with Crippen LogP contribution in [0.4, 0.5) is 5.82 Å². The van der Waals surface area contributed by atoms with E-state index < -0.39 is 0 Å². The van der Waals surface area contributed by atoms with Crippen molar-refractivity contribution in [1.29, 1.82) is 0 Å². The molecule has 2 aliphatic rings. The minimum atomic E-state index is -0.0912. The Morgan fingerprint density at radius 1 is 1.33 bits per heavy atom. The van der Waals surface area contributed by atoms with Crippen molar-refractivity contribution in [2.45, 2.75) is 18.9 Å². The summed E-state index contributed by atoms with van der Waals surface area (Å²) < 4.78 is 10.8. The van der Waals surface area contributed by atoms with Crippen LogP contribution in [0.2, 0.25) is 0 Å². The van der Waals surface area contributed by atoms with Gasteiger partial charge in [0, 0.05) is 32.4 Å². The summed E-state index contributed by atoms with van der Waals surface area (Å²) in [6.07, 6.45) is 3.90. The summed E-state index contributed by atoms with van der Waals surface area (Å²) in [5.74, 6) is 0.806. The van der Waals surface area contributed by atoms with Crippen LogP contribution >= 0.6 is 0 Å². The molecule has 2 saturated heterocycles. The lowest BCUT2D eigenvalue weighted by Gasteiger charge is -2.27. The summed E-state index contributed by atoms with van der Waals surface area (Å²) in [4.78, 5) is 18.6. The van der Waals surface area contributed by atoms with E-state index in [0.29, 0.717) is 12.1 Å². The first-order valence-corrected chi connectivity index (χ1v) is 7.51. The molecule has 21 heavy (non-hydrogen) atoms. The molecule has 1 aromatic heterocycles. The zero-order valence-electron chi connectivity index (χ0n) is 12.1. The number of carbonyl (C=O) groups excluding carboxylic acids is 1. The number of aromatic nitrogens is 1. The summed E-state index contributed by atoms with van der Waals surface area (Å²) in [5, 5.41) is 2.90. The van der Waals surface area contributed by atoms with Gasteiger partial charge in [-0.25, -0.2) is 4.98 Å². The van der Waals surface area contributed by atoms with Crippen LogP contribution in [0.25, 0.3) is 0 Å². The van der Waals surface area contributed by atoms with Crippen LogP contribution in [0.15, 0.2) is 18.3 Å². The van der Waals surface area contributed by atoms with Gasteiger partial charge in [-0.15, -0.1) is 0 Å². The van der Waals surface area contributed by atoms with E-state index in [0.717, 1.165) is 51.6 Å². The summed E-state index contributed by atoms with van der Waals surface area (Å²) in [6.45, 7) is 4.52. The van der Waals surface area contributed by atoms with Gasteiger partial charge in [0.2, 0.25) is 0 Å². The number of hydrogen-bond acceptors (Lipinski definition) is 5. The van der Waals surface area contributed by atoms with Gasteiger partial charge in [0.05, 0.1) is 24.9 Å². The van der Waals surface area contributed by atoms with E-state index in [1.165, 1.54) is 0 Å². The van der Waals surface area contributed by atoms with Crippen molar-refractivity contribution in [3.8, 4) is 0 Å². The second-order valence-electron chi connectivity index (χ2n) is 5.35. The molecule has 1 N–H and O–H groups in total. The van der Waals surface area contributed by atoms with Crippen LogP contribution in [0.5, 0.6) is 0 Å². The molecule has 3 heterocycles. The quantitative estimate of drug-likeness (QED) is 0.890. The normalized spacial score (nSPS) is 22.3. The lowest BCUT2D eigenvalue weighted by atomic mass is 10.2. The fraction of sp³-hybridized carbons (Fsp3) is 0.600. The van der Waals surface area contributed by atoms with Gasteiger partial charge in [-0.05, 0) is 25.0 Å². The summed E-state index contributed by atoms with van der Waals surface area (Å²) in [6, 6.07) is 3.72. The average Bonchev–Trinajstić information content (AvgIpc) is 3.07. The molecule has 0 bridgehead atoms. The molecule has 0 radical (unpaired) electrons. The smallest absolute Gasteiger partial charge is 0.252 e. The Hall–Kier alpha value is -1.66. The van der Waals surface area contributed by atoms with Gasteiger partial charge in [-0.2, -0.15) is 0 Å². The zero-order valence-corrected chi connectivity index (χ0v) is 12.1. The highest BCUT2D eigenvalue weighted by Gasteiger charge is 2.17. The van der Waals surface area contributed by atoms with Crippen LogP contribution in [0.3, 0.4) is 0 Å². The molecule has 6 heteroatoms. The van der Waals surface area contributed by atoms with Gasteiger partial charge in [0.25, 0.3) is 5.91 Å². The maximum Gasteiger partial charge on any atom is 0.252 e. The van der Waals surface area contributed by atoms with Gasteiger partial charge in [-0.3, -0.25) is 4.79 Å². The third-order valence-corrected chi connectivity index (χ3v) is 3.86. The Kier molecular flexibility index (Phi) is 4.67. The van der Waals surface area contributed by atoms with Crippen molar-refractivity contribution in [3.05, 3.63) is 23.9 Å². The molecule has 2 aliphatic heterocycles. The monoisotopic (exact) mass is 291 g/mol. The number of nitrogens with zero attached hydrogens (tertiary/aromatic N) is 2. The number of amides is 1. The molecule has 0 aliphatic carbocycles. The molecule has 6 nitrogen and oxygen atoms in total. The Morgan fingerprint density at radius 2 is 2.19 bits per heavy atom. The third kappa shape index (κ3) is 3.71. The molecular weight excluding hydrogens is 270 g/mol. The molecule has 114 valence electrons. The molecule has 0 aromatic carbocycles. The number of pyridine rings is 1. The van der Waals surface area contributed by atoms with Crippen molar-refractivity contribution in [2.24, 2.45) is 0 Å². The molecule has 1 aromatic rings. The Morgan fingerprint density at radius 3 is 2.86 bits per heavy atom. The highest BCUT2D eigenvalue weighted by Crippen LogP contribution is 2.14. The molecule has 0 saturated carbocycles. The van der Waals surface area contributed by atoms with E-state index in [1.54, 1.807) is 6.20 Å². The van der Waals surface area contributed by atoms with Crippen LogP contribution < -0.4 is 10.2 Å². The van der Waals surface area contributed by atoms with Crippen molar-refractivity contribution in [1.82, 2.24) is 10.3 Å². The minimum absolute atomic E-state index is 0.0912. The fourth-order valence-corrected chi connectivity index (χ4v) is 2.61. The molecular formula is C15H21N3O3. The largest absolute Gasteiger partial charge is 0.378 e. The van der Waals surface area contributed by atoms with Gasteiger partial charge >= 0.3 is 0 Å². The number of rotatable bonds is 4. The number of carbonyl (C=O) groups is 1. The maximum absolute atomic E-state index is 12.0. The first-order valence-electron chi connectivity index (χ1n) is 7.51. The van der Waals surface area contributed by atoms with E-state index in [1.807, 2.05) is 12.1 Å². The molecule has 3 rings (SSSR count). The van der Waals surface area contributed by atoms with Gasteiger partial charge < -0.3 is 19.7 Å². The molecule has 0 unspecified atom stereocenters. The number of ether oxygens (including phenoxy) is 2. The molecule has 1 atom stereocenters. The number of hydrogen-bond donors (Lipinski definition) is 1. The van der Waals surface area contributed by atoms with Crippen LogP contribution in [0, 0.1) is 0 Å². The number of anilines is 1. The highest BCUT2D eigenvalue weighted by molar-refractivity contribution is 5.94. The first-order chi connectivity index (χ1) is 10.3. The van der Waals surface area contributed by atoms with Gasteiger partial charge in [0.1, 0.15) is 5.82 Å².